The molecule has 0 amide bonds. The normalized spacial score (nSPS) is 25.0. The van der Waals surface area contributed by atoms with Crippen molar-refractivity contribution in [3.8, 4) is 6.07 Å². The van der Waals surface area contributed by atoms with E-state index in [1.807, 2.05) is 0 Å². The summed E-state index contributed by atoms with van der Waals surface area (Å²) < 4.78 is 0. The summed E-state index contributed by atoms with van der Waals surface area (Å²) in [6, 6.07) is 2.70. The van der Waals surface area contributed by atoms with Gasteiger partial charge >= 0.3 is 0 Å². The molecule has 14 heavy (non-hydrogen) atoms. The molecule has 1 unspecified atom stereocenters. The van der Waals surface area contributed by atoms with Gasteiger partial charge in [0, 0.05) is 6.04 Å². The third-order valence-electron chi connectivity index (χ3n) is 3.38. The molecule has 0 bridgehead atoms. The minimum absolute atomic E-state index is 0.439. The van der Waals surface area contributed by atoms with E-state index in [1.165, 1.54) is 25.8 Å². The standard InChI is InChI=1S/C12H22N2/c1-11(5-8-13)14-9-4-6-12(2,3)7-10-14/h11H,4-7,9-10H2,1-3H3. The van der Waals surface area contributed by atoms with Gasteiger partial charge in [-0.2, -0.15) is 5.26 Å². The van der Waals surface area contributed by atoms with Crippen molar-refractivity contribution in [1.82, 2.24) is 4.90 Å². The third-order valence-corrected chi connectivity index (χ3v) is 3.38. The lowest BCUT2D eigenvalue weighted by Gasteiger charge is -2.27. The highest BCUT2D eigenvalue weighted by molar-refractivity contribution is 4.83. The van der Waals surface area contributed by atoms with Crippen LogP contribution in [-0.4, -0.2) is 24.0 Å². The summed E-state index contributed by atoms with van der Waals surface area (Å²) in [5, 5.41) is 8.66. The molecule has 1 heterocycles. The summed E-state index contributed by atoms with van der Waals surface area (Å²) in [4.78, 5) is 2.47. The molecule has 0 aromatic heterocycles. The minimum atomic E-state index is 0.439. The maximum atomic E-state index is 8.66. The Balaban J connectivity index is 2.46. The molecule has 0 radical (unpaired) electrons. The van der Waals surface area contributed by atoms with Gasteiger partial charge in [-0.25, -0.2) is 0 Å². The fourth-order valence-electron chi connectivity index (χ4n) is 2.15. The highest BCUT2D eigenvalue weighted by Crippen LogP contribution is 2.30. The molecule has 0 saturated carbocycles. The third kappa shape index (κ3) is 3.31. The zero-order valence-corrected chi connectivity index (χ0v) is 9.71. The first-order valence-electron chi connectivity index (χ1n) is 5.66. The van der Waals surface area contributed by atoms with Crippen molar-refractivity contribution >= 4 is 0 Å². The van der Waals surface area contributed by atoms with Crippen molar-refractivity contribution in [3.63, 3.8) is 0 Å². The van der Waals surface area contributed by atoms with Gasteiger partial charge in [0.2, 0.25) is 0 Å². The van der Waals surface area contributed by atoms with E-state index in [4.69, 9.17) is 5.26 Å². The van der Waals surface area contributed by atoms with Gasteiger partial charge in [-0.05, 0) is 44.7 Å². The van der Waals surface area contributed by atoms with Crippen molar-refractivity contribution in [2.75, 3.05) is 13.1 Å². The molecule has 0 aromatic rings. The first kappa shape index (κ1) is 11.5. The van der Waals surface area contributed by atoms with E-state index >= 15 is 0 Å². The Hall–Kier alpha value is -0.550. The lowest BCUT2D eigenvalue weighted by molar-refractivity contribution is 0.209. The molecule has 2 heteroatoms. The molecule has 1 aliphatic rings. The van der Waals surface area contributed by atoms with Crippen LogP contribution in [-0.2, 0) is 0 Å². The Bertz CT molecular complexity index is 215. The predicted octanol–water partition coefficient (Wildman–Crippen LogP) is 2.80. The fraction of sp³-hybridized carbons (Fsp3) is 0.917. The number of nitrogens with zero attached hydrogens (tertiary/aromatic N) is 2. The minimum Gasteiger partial charge on any atom is -0.300 e. The number of hydrogen-bond acceptors (Lipinski definition) is 2. The average molecular weight is 194 g/mol. The quantitative estimate of drug-likeness (QED) is 0.676. The predicted molar refractivity (Wildman–Crippen MR) is 58.9 cm³/mol. The highest BCUT2D eigenvalue weighted by atomic mass is 15.1. The van der Waals surface area contributed by atoms with Gasteiger partial charge in [0.15, 0.2) is 0 Å². The Morgan fingerprint density at radius 1 is 1.36 bits per heavy atom. The lowest BCUT2D eigenvalue weighted by atomic mass is 9.85. The molecule has 1 aliphatic heterocycles. The van der Waals surface area contributed by atoms with Crippen LogP contribution in [0.4, 0.5) is 0 Å². The topological polar surface area (TPSA) is 27.0 Å². The first-order chi connectivity index (χ1) is 6.55. The second-order valence-electron chi connectivity index (χ2n) is 5.26. The number of rotatable bonds is 2. The number of likely N-dealkylation sites (tertiary alicyclic amines) is 1. The molecule has 0 aliphatic carbocycles. The van der Waals surface area contributed by atoms with Crippen LogP contribution in [0.3, 0.4) is 0 Å². The Labute approximate surface area is 87.9 Å². The van der Waals surface area contributed by atoms with Crippen molar-refractivity contribution in [2.24, 2.45) is 5.41 Å². The highest BCUT2D eigenvalue weighted by Gasteiger charge is 2.24. The Morgan fingerprint density at radius 3 is 2.71 bits per heavy atom. The van der Waals surface area contributed by atoms with Crippen LogP contribution in [0.2, 0.25) is 0 Å². The van der Waals surface area contributed by atoms with E-state index in [0.29, 0.717) is 17.9 Å². The summed E-state index contributed by atoms with van der Waals surface area (Å²) >= 11 is 0. The van der Waals surface area contributed by atoms with Gasteiger partial charge in [-0.1, -0.05) is 13.8 Å². The molecule has 1 rings (SSSR count). The van der Waals surface area contributed by atoms with Crippen LogP contribution in [0.5, 0.6) is 0 Å². The van der Waals surface area contributed by atoms with Crippen LogP contribution in [0, 0.1) is 16.7 Å². The van der Waals surface area contributed by atoms with Gasteiger partial charge in [0.25, 0.3) is 0 Å². The van der Waals surface area contributed by atoms with Crippen molar-refractivity contribution < 1.29 is 0 Å². The summed E-state index contributed by atoms with van der Waals surface area (Å²) in [5.41, 5.74) is 0.501. The van der Waals surface area contributed by atoms with Crippen molar-refractivity contribution in [3.05, 3.63) is 0 Å². The lowest BCUT2D eigenvalue weighted by Crippen LogP contribution is -2.34. The van der Waals surface area contributed by atoms with Gasteiger partial charge in [-0.3, -0.25) is 4.90 Å². The number of hydrogen-bond donors (Lipinski definition) is 0. The molecule has 80 valence electrons. The van der Waals surface area contributed by atoms with Crippen LogP contribution >= 0.6 is 0 Å². The maximum absolute atomic E-state index is 8.66. The van der Waals surface area contributed by atoms with Crippen LogP contribution in [0.1, 0.15) is 46.5 Å². The number of nitriles is 1. The van der Waals surface area contributed by atoms with Crippen LogP contribution < -0.4 is 0 Å². The zero-order chi connectivity index (χ0) is 10.6. The van der Waals surface area contributed by atoms with E-state index in [-0.39, 0.29) is 0 Å². The summed E-state index contributed by atoms with van der Waals surface area (Å²) in [7, 11) is 0. The van der Waals surface area contributed by atoms with Crippen molar-refractivity contribution in [1.29, 1.82) is 5.26 Å². The molecule has 1 saturated heterocycles. The summed E-state index contributed by atoms with van der Waals surface area (Å²) in [6.45, 7) is 9.21. The molecule has 2 nitrogen and oxygen atoms in total. The van der Waals surface area contributed by atoms with E-state index < -0.39 is 0 Å². The van der Waals surface area contributed by atoms with Gasteiger partial charge in [0.05, 0.1) is 12.5 Å². The smallest absolute Gasteiger partial charge is 0.0638 e. The van der Waals surface area contributed by atoms with Gasteiger partial charge in [0.1, 0.15) is 0 Å². The largest absolute Gasteiger partial charge is 0.300 e. The van der Waals surface area contributed by atoms with Crippen LogP contribution in [0.25, 0.3) is 0 Å². The first-order valence-corrected chi connectivity index (χ1v) is 5.66. The SMILES string of the molecule is CC(CC#N)N1CCCC(C)(C)CC1. The monoisotopic (exact) mass is 194 g/mol. The van der Waals surface area contributed by atoms with E-state index in [1.54, 1.807) is 0 Å². The Kier molecular flexibility index (Phi) is 3.95. The second kappa shape index (κ2) is 4.79. The van der Waals surface area contributed by atoms with Gasteiger partial charge in [-0.15, -0.1) is 0 Å². The molecule has 0 aromatic carbocycles. The molecule has 1 fully saturated rings. The van der Waals surface area contributed by atoms with Gasteiger partial charge < -0.3 is 0 Å². The van der Waals surface area contributed by atoms with E-state index in [9.17, 15) is 0 Å². The van der Waals surface area contributed by atoms with E-state index in [2.05, 4.69) is 31.7 Å². The molecular weight excluding hydrogens is 172 g/mol. The Morgan fingerprint density at radius 2 is 2.07 bits per heavy atom. The molecule has 1 atom stereocenters. The van der Waals surface area contributed by atoms with Crippen LogP contribution in [0.15, 0.2) is 0 Å². The molecule has 0 N–H and O–H groups in total. The fourth-order valence-corrected chi connectivity index (χ4v) is 2.15. The average Bonchev–Trinajstić information content (AvgIpc) is 2.27. The molecule has 0 spiro atoms. The maximum Gasteiger partial charge on any atom is 0.0638 e. The molecular formula is C12H22N2. The second-order valence-corrected chi connectivity index (χ2v) is 5.26. The van der Waals surface area contributed by atoms with Crippen molar-refractivity contribution in [2.45, 2.75) is 52.5 Å². The summed E-state index contributed by atoms with van der Waals surface area (Å²) in [6.07, 6.45) is 4.54. The van der Waals surface area contributed by atoms with E-state index in [0.717, 1.165) is 6.54 Å². The summed E-state index contributed by atoms with van der Waals surface area (Å²) in [5.74, 6) is 0. The zero-order valence-electron chi connectivity index (χ0n) is 9.71.